The molecule has 1 amide bonds. The number of methoxy groups -OCH3 is 1. The van der Waals surface area contributed by atoms with E-state index in [1.807, 2.05) is 6.92 Å². The van der Waals surface area contributed by atoms with Crippen LogP contribution in [0, 0.1) is 6.92 Å². The van der Waals surface area contributed by atoms with Gasteiger partial charge in [0.1, 0.15) is 0 Å². The van der Waals surface area contributed by atoms with Crippen molar-refractivity contribution >= 4 is 11.9 Å². The minimum atomic E-state index is -0.358. The maximum Gasteiger partial charge on any atom is 0.306 e. The standard InChI is InChI=1S/C14H19NO3/c1-11-3-5-12(6-4-11)9-10-15-13(16)7-8-14(17)18-2/h3-6H,7-10H2,1-2H3,(H,15,16). The number of nitrogens with one attached hydrogen (secondary N) is 1. The second-order valence-electron chi connectivity index (χ2n) is 4.16. The van der Waals surface area contributed by atoms with Gasteiger partial charge in [0, 0.05) is 13.0 Å². The monoisotopic (exact) mass is 249 g/mol. The second-order valence-corrected chi connectivity index (χ2v) is 4.16. The normalized spacial score (nSPS) is 9.89. The molecule has 0 unspecified atom stereocenters. The van der Waals surface area contributed by atoms with Crippen LogP contribution in [-0.4, -0.2) is 25.5 Å². The van der Waals surface area contributed by atoms with Crippen molar-refractivity contribution in [2.24, 2.45) is 0 Å². The average Bonchev–Trinajstić information content (AvgIpc) is 2.38. The summed E-state index contributed by atoms with van der Waals surface area (Å²) in [5, 5.41) is 2.78. The third kappa shape index (κ3) is 5.48. The van der Waals surface area contributed by atoms with Crippen molar-refractivity contribution in [2.45, 2.75) is 26.2 Å². The Labute approximate surface area is 107 Å². The molecule has 1 N–H and O–H groups in total. The number of amides is 1. The van der Waals surface area contributed by atoms with Gasteiger partial charge in [-0.3, -0.25) is 9.59 Å². The zero-order valence-electron chi connectivity index (χ0n) is 10.9. The van der Waals surface area contributed by atoms with Crippen LogP contribution in [-0.2, 0) is 20.7 Å². The fourth-order valence-corrected chi connectivity index (χ4v) is 1.51. The molecule has 0 aliphatic heterocycles. The van der Waals surface area contributed by atoms with Crippen molar-refractivity contribution in [3.05, 3.63) is 35.4 Å². The summed E-state index contributed by atoms with van der Waals surface area (Å²) >= 11 is 0. The molecule has 98 valence electrons. The molecule has 0 aliphatic carbocycles. The number of aryl methyl sites for hydroxylation is 1. The summed E-state index contributed by atoms with van der Waals surface area (Å²) in [6.45, 7) is 2.63. The maximum absolute atomic E-state index is 11.4. The Morgan fingerprint density at radius 1 is 1.17 bits per heavy atom. The minimum Gasteiger partial charge on any atom is -0.469 e. The molecular weight excluding hydrogens is 230 g/mol. The number of esters is 1. The molecule has 1 rings (SSSR count). The molecule has 0 aliphatic rings. The number of rotatable bonds is 6. The lowest BCUT2D eigenvalue weighted by molar-refractivity contribution is -0.142. The Bertz CT molecular complexity index is 398. The molecule has 0 heterocycles. The van der Waals surface area contributed by atoms with Gasteiger partial charge in [-0.2, -0.15) is 0 Å². The minimum absolute atomic E-state index is 0.118. The molecule has 0 fully saturated rings. The number of carbonyl (C=O) groups is 2. The van der Waals surface area contributed by atoms with Crippen LogP contribution < -0.4 is 5.32 Å². The third-order valence-electron chi connectivity index (χ3n) is 2.64. The summed E-state index contributed by atoms with van der Waals surface area (Å²) in [6.07, 6.45) is 1.11. The molecule has 0 atom stereocenters. The highest BCUT2D eigenvalue weighted by Gasteiger charge is 2.05. The van der Waals surface area contributed by atoms with Crippen LogP contribution in [0.2, 0.25) is 0 Å². The SMILES string of the molecule is COC(=O)CCC(=O)NCCc1ccc(C)cc1. The average molecular weight is 249 g/mol. The van der Waals surface area contributed by atoms with Crippen LogP contribution in [0.25, 0.3) is 0 Å². The molecule has 4 heteroatoms. The first-order chi connectivity index (χ1) is 8.61. The van der Waals surface area contributed by atoms with E-state index in [1.165, 1.54) is 18.2 Å². The lowest BCUT2D eigenvalue weighted by Gasteiger charge is -2.05. The fraction of sp³-hybridized carbons (Fsp3) is 0.429. The van der Waals surface area contributed by atoms with Gasteiger partial charge in [-0.05, 0) is 18.9 Å². The molecule has 18 heavy (non-hydrogen) atoms. The first-order valence-corrected chi connectivity index (χ1v) is 6.01. The highest BCUT2D eigenvalue weighted by atomic mass is 16.5. The molecule has 0 saturated heterocycles. The predicted molar refractivity (Wildman–Crippen MR) is 69.1 cm³/mol. The quantitative estimate of drug-likeness (QED) is 0.779. The zero-order valence-corrected chi connectivity index (χ0v) is 10.9. The van der Waals surface area contributed by atoms with Gasteiger partial charge in [0.05, 0.1) is 13.5 Å². The van der Waals surface area contributed by atoms with E-state index in [9.17, 15) is 9.59 Å². The van der Waals surface area contributed by atoms with Crippen molar-refractivity contribution in [1.29, 1.82) is 0 Å². The Balaban J connectivity index is 2.19. The van der Waals surface area contributed by atoms with E-state index in [2.05, 4.69) is 34.3 Å². The summed E-state index contributed by atoms with van der Waals surface area (Å²) in [7, 11) is 1.32. The first kappa shape index (κ1) is 14.2. The Hall–Kier alpha value is -1.84. The summed E-state index contributed by atoms with van der Waals surface area (Å²) in [5.41, 5.74) is 2.41. The molecule has 0 aromatic heterocycles. The van der Waals surface area contributed by atoms with E-state index in [1.54, 1.807) is 0 Å². The molecular formula is C14H19NO3. The van der Waals surface area contributed by atoms with Crippen LogP contribution in [0.15, 0.2) is 24.3 Å². The number of hydrogen-bond acceptors (Lipinski definition) is 3. The molecule has 0 saturated carbocycles. The van der Waals surface area contributed by atoms with Gasteiger partial charge in [0.15, 0.2) is 0 Å². The second kappa shape index (κ2) is 7.48. The number of hydrogen-bond donors (Lipinski definition) is 1. The molecule has 0 bridgehead atoms. The number of benzene rings is 1. The fourth-order valence-electron chi connectivity index (χ4n) is 1.51. The van der Waals surface area contributed by atoms with E-state index in [4.69, 9.17) is 0 Å². The van der Waals surface area contributed by atoms with Gasteiger partial charge < -0.3 is 10.1 Å². The van der Waals surface area contributed by atoms with Crippen molar-refractivity contribution < 1.29 is 14.3 Å². The maximum atomic E-state index is 11.4. The number of carbonyl (C=O) groups excluding carboxylic acids is 2. The summed E-state index contributed by atoms with van der Waals surface area (Å²) < 4.78 is 4.47. The molecule has 4 nitrogen and oxygen atoms in total. The van der Waals surface area contributed by atoms with Gasteiger partial charge in [0.2, 0.25) is 5.91 Å². The van der Waals surface area contributed by atoms with E-state index in [0.29, 0.717) is 6.54 Å². The van der Waals surface area contributed by atoms with Gasteiger partial charge in [0.25, 0.3) is 0 Å². The van der Waals surface area contributed by atoms with Crippen LogP contribution in [0.4, 0.5) is 0 Å². The Kier molecular flexibility index (Phi) is 5.91. The van der Waals surface area contributed by atoms with E-state index >= 15 is 0 Å². The van der Waals surface area contributed by atoms with Crippen molar-refractivity contribution in [2.75, 3.05) is 13.7 Å². The highest BCUT2D eigenvalue weighted by Crippen LogP contribution is 2.03. The first-order valence-electron chi connectivity index (χ1n) is 6.01. The summed E-state index contributed by atoms with van der Waals surface area (Å²) in [4.78, 5) is 22.2. The third-order valence-corrected chi connectivity index (χ3v) is 2.64. The summed E-state index contributed by atoms with van der Waals surface area (Å²) in [6, 6.07) is 8.20. The Morgan fingerprint density at radius 3 is 2.44 bits per heavy atom. The van der Waals surface area contributed by atoms with Crippen LogP contribution >= 0.6 is 0 Å². The van der Waals surface area contributed by atoms with Gasteiger partial charge >= 0.3 is 5.97 Å². The lowest BCUT2D eigenvalue weighted by Crippen LogP contribution is -2.26. The zero-order chi connectivity index (χ0) is 13.4. The lowest BCUT2D eigenvalue weighted by atomic mass is 10.1. The van der Waals surface area contributed by atoms with Crippen LogP contribution in [0.1, 0.15) is 24.0 Å². The highest BCUT2D eigenvalue weighted by molar-refractivity contribution is 5.81. The number of ether oxygens (including phenoxy) is 1. The topological polar surface area (TPSA) is 55.4 Å². The molecule has 0 radical (unpaired) electrons. The van der Waals surface area contributed by atoms with E-state index in [-0.39, 0.29) is 24.7 Å². The molecule has 1 aromatic carbocycles. The summed E-state index contributed by atoms with van der Waals surface area (Å²) in [5.74, 6) is -0.476. The Morgan fingerprint density at radius 2 is 1.83 bits per heavy atom. The van der Waals surface area contributed by atoms with E-state index in [0.717, 1.165) is 6.42 Å². The van der Waals surface area contributed by atoms with Gasteiger partial charge in [-0.25, -0.2) is 0 Å². The van der Waals surface area contributed by atoms with Gasteiger partial charge in [-0.15, -0.1) is 0 Å². The smallest absolute Gasteiger partial charge is 0.306 e. The van der Waals surface area contributed by atoms with Crippen LogP contribution in [0.5, 0.6) is 0 Å². The van der Waals surface area contributed by atoms with Crippen molar-refractivity contribution in [3.8, 4) is 0 Å². The van der Waals surface area contributed by atoms with Gasteiger partial charge in [-0.1, -0.05) is 29.8 Å². The largest absolute Gasteiger partial charge is 0.469 e. The van der Waals surface area contributed by atoms with Crippen LogP contribution in [0.3, 0.4) is 0 Å². The predicted octanol–water partition coefficient (Wildman–Crippen LogP) is 1.61. The molecule has 1 aromatic rings. The van der Waals surface area contributed by atoms with Crippen molar-refractivity contribution in [1.82, 2.24) is 5.32 Å². The van der Waals surface area contributed by atoms with Crippen molar-refractivity contribution in [3.63, 3.8) is 0 Å². The van der Waals surface area contributed by atoms with E-state index < -0.39 is 0 Å². The molecule has 0 spiro atoms.